The molecule has 0 bridgehead atoms. The molecular formula is C17H26N4O5S. The lowest BCUT2D eigenvalue weighted by Crippen LogP contribution is -2.56. The van der Waals surface area contributed by atoms with Gasteiger partial charge < -0.3 is 5.32 Å². The third-order valence-corrected chi connectivity index (χ3v) is 6.30. The number of sulfonamides is 1. The topological polar surface area (TPSA) is 113 Å². The number of hydrogen-bond acceptors (Lipinski definition) is 6. The number of nitro groups is 1. The first kappa shape index (κ1) is 21.3. The second-order valence-electron chi connectivity index (χ2n) is 7.61. The standard InChI is InChI=1S/C17H26N4O5S/c1-13(16(22)18-17(2,3)4)19-9-11-20(12-10-19)27(25,26)15-7-5-14(6-8-15)21(23)24/h5-8,13H,9-12H2,1-4H3,(H,18,22)/t13-/m1/s1. The number of nitro benzene ring substituents is 1. The van der Waals surface area contributed by atoms with Crippen LogP contribution in [0.25, 0.3) is 0 Å². The third-order valence-electron chi connectivity index (χ3n) is 4.38. The Labute approximate surface area is 159 Å². The van der Waals surface area contributed by atoms with Gasteiger partial charge in [0.25, 0.3) is 5.69 Å². The van der Waals surface area contributed by atoms with Crippen LogP contribution in [-0.2, 0) is 14.8 Å². The molecule has 1 amide bonds. The Morgan fingerprint density at radius 1 is 1.15 bits per heavy atom. The van der Waals surface area contributed by atoms with Crippen molar-refractivity contribution in [2.45, 2.75) is 44.2 Å². The molecule has 0 saturated carbocycles. The van der Waals surface area contributed by atoms with Crippen LogP contribution in [0.4, 0.5) is 5.69 Å². The minimum absolute atomic E-state index is 0.0278. The van der Waals surface area contributed by atoms with Gasteiger partial charge in [0.15, 0.2) is 0 Å². The van der Waals surface area contributed by atoms with Crippen molar-refractivity contribution in [3.05, 3.63) is 34.4 Å². The Morgan fingerprint density at radius 2 is 1.67 bits per heavy atom. The van der Waals surface area contributed by atoms with Gasteiger partial charge in [0, 0.05) is 43.9 Å². The predicted molar refractivity (Wildman–Crippen MR) is 101 cm³/mol. The zero-order chi connectivity index (χ0) is 20.4. The van der Waals surface area contributed by atoms with Gasteiger partial charge in [0.1, 0.15) is 0 Å². The highest BCUT2D eigenvalue weighted by Gasteiger charge is 2.32. The van der Waals surface area contributed by atoms with Crippen LogP contribution >= 0.6 is 0 Å². The molecule has 0 radical (unpaired) electrons. The monoisotopic (exact) mass is 398 g/mol. The van der Waals surface area contributed by atoms with Crippen LogP contribution in [0.1, 0.15) is 27.7 Å². The fourth-order valence-electron chi connectivity index (χ4n) is 2.86. The normalized spacial score (nSPS) is 18.1. The lowest BCUT2D eigenvalue weighted by atomic mass is 10.1. The number of carbonyl (C=O) groups excluding carboxylic acids is 1. The zero-order valence-corrected chi connectivity index (χ0v) is 16.8. The molecule has 10 heteroatoms. The highest BCUT2D eigenvalue weighted by molar-refractivity contribution is 7.89. The zero-order valence-electron chi connectivity index (χ0n) is 16.0. The van der Waals surface area contributed by atoms with Crippen LogP contribution in [-0.4, -0.2) is 66.2 Å². The molecule has 1 saturated heterocycles. The smallest absolute Gasteiger partial charge is 0.269 e. The minimum Gasteiger partial charge on any atom is -0.350 e. The molecule has 1 aliphatic heterocycles. The fraction of sp³-hybridized carbons (Fsp3) is 0.588. The molecule has 27 heavy (non-hydrogen) atoms. The van der Waals surface area contributed by atoms with E-state index in [1.807, 2.05) is 32.6 Å². The van der Waals surface area contributed by atoms with Gasteiger partial charge >= 0.3 is 0 Å². The maximum absolute atomic E-state index is 12.7. The van der Waals surface area contributed by atoms with E-state index in [9.17, 15) is 23.3 Å². The first-order valence-corrected chi connectivity index (χ1v) is 10.2. The molecular weight excluding hydrogens is 372 g/mol. The SMILES string of the molecule is C[C@H](C(=O)NC(C)(C)C)N1CCN(S(=O)(=O)c2ccc([N+](=O)[O-])cc2)CC1. The van der Waals surface area contributed by atoms with Crippen molar-refractivity contribution in [2.75, 3.05) is 26.2 Å². The van der Waals surface area contributed by atoms with Gasteiger partial charge in [-0.25, -0.2) is 8.42 Å². The average Bonchev–Trinajstić information content (AvgIpc) is 2.59. The predicted octanol–water partition coefficient (Wildman–Crippen LogP) is 1.20. The van der Waals surface area contributed by atoms with Crippen molar-refractivity contribution < 1.29 is 18.1 Å². The van der Waals surface area contributed by atoms with E-state index >= 15 is 0 Å². The molecule has 9 nitrogen and oxygen atoms in total. The number of nitrogens with zero attached hydrogens (tertiary/aromatic N) is 3. The molecule has 1 heterocycles. The summed E-state index contributed by atoms with van der Waals surface area (Å²) >= 11 is 0. The number of carbonyl (C=O) groups is 1. The summed E-state index contributed by atoms with van der Waals surface area (Å²) < 4.78 is 26.8. The number of amides is 1. The number of rotatable bonds is 5. The Balaban J connectivity index is 2.01. The number of benzene rings is 1. The van der Waals surface area contributed by atoms with E-state index in [2.05, 4.69) is 5.32 Å². The van der Waals surface area contributed by atoms with Gasteiger partial charge in [-0.15, -0.1) is 0 Å². The van der Waals surface area contributed by atoms with Crippen molar-refractivity contribution in [1.82, 2.24) is 14.5 Å². The molecule has 2 rings (SSSR count). The van der Waals surface area contributed by atoms with E-state index in [4.69, 9.17) is 0 Å². The summed E-state index contributed by atoms with van der Waals surface area (Å²) in [6, 6.07) is 4.51. The molecule has 1 N–H and O–H groups in total. The Bertz CT molecular complexity index is 794. The molecule has 1 aromatic carbocycles. The van der Waals surface area contributed by atoms with Gasteiger partial charge in [-0.3, -0.25) is 19.8 Å². The summed E-state index contributed by atoms with van der Waals surface area (Å²) in [6.45, 7) is 8.92. The van der Waals surface area contributed by atoms with E-state index in [-0.39, 0.29) is 41.2 Å². The highest BCUT2D eigenvalue weighted by Crippen LogP contribution is 2.21. The summed E-state index contributed by atoms with van der Waals surface area (Å²) in [5.41, 5.74) is -0.482. The summed E-state index contributed by atoms with van der Waals surface area (Å²) in [5.74, 6) is -0.0887. The number of nitrogens with one attached hydrogen (secondary N) is 1. The Morgan fingerprint density at radius 3 is 2.11 bits per heavy atom. The van der Waals surface area contributed by atoms with Gasteiger partial charge in [-0.05, 0) is 39.8 Å². The van der Waals surface area contributed by atoms with Crippen LogP contribution in [0.15, 0.2) is 29.2 Å². The van der Waals surface area contributed by atoms with Gasteiger partial charge in [0.2, 0.25) is 15.9 Å². The third kappa shape index (κ3) is 5.24. The maximum atomic E-state index is 12.7. The van der Waals surface area contributed by atoms with Crippen molar-refractivity contribution >= 4 is 21.6 Å². The van der Waals surface area contributed by atoms with Crippen molar-refractivity contribution in [1.29, 1.82) is 0 Å². The van der Waals surface area contributed by atoms with Crippen molar-refractivity contribution in [3.8, 4) is 0 Å². The van der Waals surface area contributed by atoms with E-state index in [0.29, 0.717) is 13.1 Å². The molecule has 0 aliphatic carbocycles. The van der Waals surface area contributed by atoms with Crippen LogP contribution in [0, 0.1) is 10.1 Å². The fourth-order valence-corrected chi connectivity index (χ4v) is 4.28. The quantitative estimate of drug-likeness (QED) is 0.589. The first-order chi connectivity index (χ1) is 12.4. The lowest BCUT2D eigenvalue weighted by Gasteiger charge is -2.37. The highest BCUT2D eigenvalue weighted by atomic mass is 32.2. The van der Waals surface area contributed by atoms with Crippen LogP contribution in [0.2, 0.25) is 0 Å². The summed E-state index contributed by atoms with van der Waals surface area (Å²) in [7, 11) is -3.72. The Hall–Kier alpha value is -2.04. The average molecular weight is 398 g/mol. The second-order valence-corrected chi connectivity index (χ2v) is 9.54. The van der Waals surface area contributed by atoms with E-state index in [0.717, 1.165) is 0 Å². The van der Waals surface area contributed by atoms with E-state index < -0.39 is 14.9 Å². The maximum Gasteiger partial charge on any atom is 0.269 e. The molecule has 1 fully saturated rings. The van der Waals surface area contributed by atoms with Gasteiger partial charge in [0.05, 0.1) is 15.9 Å². The van der Waals surface area contributed by atoms with Crippen molar-refractivity contribution in [2.24, 2.45) is 0 Å². The van der Waals surface area contributed by atoms with Crippen LogP contribution < -0.4 is 5.32 Å². The molecule has 1 aromatic rings. The molecule has 0 spiro atoms. The molecule has 1 atom stereocenters. The van der Waals surface area contributed by atoms with Gasteiger partial charge in [-0.2, -0.15) is 4.31 Å². The van der Waals surface area contributed by atoms with Crippen LogP contribution in [0.5, 0.6) is 0 Å². The van der Waals surface area contributed by atoms with Crippen LogP contribution in [0.3, 0.4) is 0 Å². The first-order valence-electron chi connectivity index (χ1n) is 8.72. The summed E-state index contributed by atoms with van der Waals surface area (Å²) in [4.78, 5) is 24.4. The minimum atomic E-state index is -3.72. The lowest BCUT2D eigenvalue weighted by molar-refractivity contribution is -0.384. The van der Waals surface area contributed by atoms with E-state index in [1.165, 1.54) is 28.6 Å². The molecule has 150 valence electrons. The molecule has 0 unspecified atom stereocenters. The summed E-state index contributed by atoms with van der Waals surface area (Å²) in [5, 5.41) is 13.6. The van der Waals surface area contributed by atoms with Gasteiger partial charge in [-0.1, -0.05) is 0 Å². The number of hydrogen-bond donors (Lipinski definition) is 1. The summed E-state index contributed by atoms with van der Waals surface area (Å²) in [6.07, 6.45) is 0. The second kappa shape index (κ2) is 7.91. The Kier molecular flexibility index (Phi) is 6.23. The largest absolute Gasteiger partial charge is 0.350 e. The molecule has 0 aromatic heterocycles. The molecule has 1 aliphatic rings. The number of non-ortho nitro benzene ring substituents is 1. The van der Waals surface area contributed by atoms with E-state index in [1.54, 1.807) is 0 Å². The number of piperazine rings is 1. The van der Waals surface area contributed by atoms with Crippen molar-refractivity contribution in [3.63, 3.8) is 0 Å².